The molecule has 158 valence electrons. The quantitative estimate of drug-likeness (QED) is 0.496. The van der Waals surface area contributed by atoms with Crippen molar-refractivity contribution in [1.29, 1.82) is 0 Å². The second-order valence-corrected chi connectivity index (χ2v) is 6.53. The first-order valence-corrected chi connectivity index (χ1v) is 9.50. The summed E-state index contributed by atoms with van der Waals surface area (Å²) in [7, 11) is 6.67. The van der Waals surface area contributed by atoms with Gasteiger partial charge in [0.15, 0.2) is 5.96 Å². The van der Waals surface area contributed by atoms with Crippen LogP contribution >= 0.6 is 0 Å². The number of benzene rings is 2. The number of nitrogens with zero attached hydrogens (tertiary/aromatic N) is 1. The third-order valence-electron chi connectivity index (χ3n) is 4.42. The largest absolute Gasteiger partial charge is 0.497 e. The molecule has 0 spiro atoms. The van der Waals surface area contributed by atoms with Gasteiger partial charge in [-0.1, -0.05) is 6.07 Å². The first-order valence-electron chi connectivity index (χ1n) is 9.50. The highest BCUT2D eigenvalue weighted by atomic mass is 16.5. The summed E-state index contributed by atoms with van der Waals surface area (Å²) in [6, 6.07) is 13.2. The molecule has 0 aromatic heterocycles. The number of aliphatic imine (C=N–C) groups is 1. The van der Waals surface area contributed by atoms with E-state index in [4.69, 9.17) is 18.9 Å². The lowest BCUT2D eigenvalue weighted by molar-refractivity contribution is 0.223. The van der Waals surface area contributed by atoms with Gasteiger partial charge in [-0.15, -0.1) is 0 Å². The summed E-state index contributed by atoms with van der Waals surface area (Å²) in [5.41, 5.74) is 0.982. The van der Waals surface area contributed by atoms with Crippen LogP contribution in [0.3, 0.4) is 0 Å². The van der Waals surface area contributed by atoms with Crippen LogP contribution in [0.25, 0.3) is 0 Å². The van der Waals surface area contributed by atoms with E-state index in [0.717, 1.165) is 28.6 Å². The Morgan fingerprint density at radius 2 is 1.62 bits per heavy atom. The van der Waals surface area contributed by atoms with Crippen LogP contribution in [0.4, 0.5) is 0 Å². The highest BCUT2D eigenvalue weighted by Gasteiger charge is 2.15. The Morgan fingerprint density at radius 1 is 0.931 bits per heavy atom. The van der Waals surface area contributed by atoms with Gasteiger partial charge in [0.25, 0.3) is 0 Å². The SMILES string of the molecule is CN=C(NCC(C)Oc1cccc(OC)c1)NC(C)c1cc(OC)ccc1OC. The number of ether oxygens (including phenoxy) is 4. The van der Waals surface area contributed by atoms with Crippen molar-refractivity contribution >= 4 is 5.96 Å². The maximum atomic E-state index is 5.95. The summed E-state index contributed by atoms with van der Waals surface area (Å²) in [6.07, 6.45) is -0.0673. The lowest BCUT2D eigenvalue weighted by Gasteiger charge is -2.22. The molecule has 7 heteroatoms. The van der Waals surface area contributed by atoms with Crippen LogP contribution in [0.1, 0.15) is 25.5 Å². The smallest absolute Gasteiger partial charge is 0.191 e. The second kappa shape index (κ2) is 11.0. The van der Waals surface area contributed by atoms with Crippen LogP contribution in [0.2, 0.25) is 0 Å². The summed E-state index contributed by atoms with van der Waals surface area (Å²) in [6.45, 7) is 4.62. The van der Waals surface area contributed by atoms with Crippen LogP contribution in [0.5, 0.6) is 23.0 Å². The number of guanidine groups is 1. The van der Waals surface area contributed by atoms with Crippen LogP contribution in [0, 0.1) is 0 Å². The fourth-order valence-corrected chi connectivity index (χ4v) is 2.84. The Kier molecular flexibility index (Phi) is 8.45. The summed E-state index contributed by atoms with van der Waals surface area (Å²) in [5, 5.41) is 6.67. The molecular weight excluding hydrogens is 370 g/mol. The Bertz CT molecular complexity index is 810. The van der Waals surface area contributed by atoms with Gasteiger partial charge in [0.05, 0.1) is 33.9 Å². The van der Waals surface area contributed by atoms with Gasteiger partial charge in [0, 0.05) is 18.7 Å². The van der Waals surface area contributed by atoms with Crippen molar-refractivity contribution in [1.82, 2.24) is 10.6 Å². The van der Waals surface area contributed by atoms with Crippen molar-refractivity contribution in [3.63, 3.8) is 0 Å². The number of hydrogen-bond acceptors (Lipinski definition) is 5. The zero-order chi connectivity index (χ0) is 21.2. The molecule has 2 rings (SSSR count). The molecule has 2 aromatic carbocycles. The van der Waals surface area contributed by atoms with Crippen molar-refractivity contribution in [2.45, 2.75) is 26.0 Å². The van der Waals surface area contributed by atoms with E-state index in [-0.39, 0.29) is 12.1 Å². The van der Waals surface area contributed by atoms with Gasteiger partial charge in [0.1, 0.15) is 29.1 Å². The first kappa shape index (κ1) is 22.2. The minimum Gasteiger partial charge on any atom is -0.497 e. The summed E-state index contributed by atoms with van der Waals surface area (Å²) in [5.74, 6) is 3.76. The van der Waals surface area contributed by atoms with Crippen molar-refractivity contribution in [3.8, 4) is 23.0 Å². The molecule has 0 aliphatic rings. The van der Waals surface area contributed by atoms with Gasteiger partial charge in [-0.25, -0.2) is 0 Å². The molecule has 0 amide bonds. The van der Waals surface area contributed by atoms with E-state index in [0.29, 0.717) is 12.5 Å². The molecule has 0 saturated heterocycles. The zero-order valence-corrected chi connectivity index (χ0v) is 18.0. The Hall–Kier alpha value is -3.09. The minimum atomic E-state index is -0.0673. The average Bonchev–Trinajstić information content (AvgIpc) is 2.75. The topological polar surface area (TPSA) is 73.3 Å². The highest BCUT2D eigenvalue weighted by Crippen LogP contribution is 2.29. The third kappa shape index (κ3) is 6.48. The third-order valence-corrected chi connectivity index (χ3v) is 4.42. The predicted octanol–water partition coefficient (Wildman–Crippen LogP) is 3.41. The van der Waals surface area contributed by atoms with Gasteiger partial charge >= 0.3 is 0 Å². The second-order valence-electron chi connectivity index (χ2n) is 6.53. The molecular formula is C22H31N3O4. The van der Waals surface area contributed by atoms with Crippen LogP contribution in [-0.4, -0.2) is 47.0 Å². The van der Waals surface area contributed by atoms with E-state index in [1.54, 1.807) is 28.4 Å². The molecule has 0 bridgehead atoms. The molecule has 0 fully saturated rings. The fourth-order valence-electron chi connectivity index (χ4n) is 2.84. The maximum Gasteiger partial charge on any atom is 0.191 e. The van der Waals surface area contributed by atoms with Crippen molar-refractivity contribution in [2.24, 2.45) is 4.99 Å². The summed E-state index contributed by atoms with van der Waals surface area (Å²) >= 11 is 0. The van der Waals surface area contributed by atoms with E-state index in [9.17, 15) is 0 Å². The minimum absolute atomic E-state index is 0.0409. The molecule has 29 heavy (non-hydrogen) atoms. The first-order chi connectivity index (χ1) is 14.0. The lowest BCUT2D eigenvalue weighted by Crippen LogP contribution is -2.42. The fraction of sp³-hybridized carbons (Fsp3) is 0.409. The van der Waals surface area contributed by atoms with Gasteiger partial charge < -0.3 is 29.6 Å². The Morgan fingerprint density at radius 3 is 2.28 bits per heavy atom. The predicted molar refractivity (Wildman–Crippen MR) is 116 cm³/mol. The molecule has 7 nitrogen and oxygen atoms in total. The van der Waals surface area contributed by atoms with E-state index in [1.807, 2.05) is 56.3 Å². The van der Waals surface area contributed by atoms with Gasteiger partial charge in [-0.05, 0) is 44.2 Å². The van der Waals surface area contributed by atoms with Gasteiger partial charge in [0.2, 0.25) is 0 Å². The summed E-state index contributed by atoms with van der Waals surface area (Å²) in [4.78, 5) is 4.30. The van der Waals surface area contributed by atoms with Crippen LogP contribution in [0.15, 0.2) is 47.5 Å². The van der Waals surface area contributed by atoms with E-state index in [1.165, 1.54) is 0 Å². The van der Waals surface area contributed by atoms with Crippen molar-refractivity contribution in [2.75, 3.05) is 34.9 Å². The highest BCUT2D eigenvalue weighted by molar-refractivity contribution is 5.80. The molecule has 2 unspecified atom stereocenters. The number of methoxy groups -OCH3 is 3. The maximum absolute atomic E-state index is 5.95. The molecule has 0 aliphatic carbocycles. The monoisotopic (exact) mass is 401 g/mol. The number of rotatable bonds is 9. The standard InChI is InChI=1S/C22H31N3O4/c1-15(29-19-9-7-8-17(12-19)26-4)14-24-22(23-3)25-16(2)20-13-18(27-5)10-11-21(20)28-6/h7-13,15-16H,14H2,1-6H3,(H2,23,24,25). The van der Waals surface area contributed by atoms with E-state index < -0.39 is 0 Å². The van der Waals surface area contributed by atoms with E-state index in [2.05, 4.69) is 15.6 Å². The summed E-state index contributed by atoms with van der Waals surface area (Å²) < 4.78 is 22.0. The Balaban J connectivity index is 1.94. The number of nitrogens with one attached hydrogen (secondary N) is 2. The number of hydrogen-bond donors (Lipinski definition) is 2. The molecule has 2 aromatic rings. The molecule has 0 radical (unpaired) electrons. The zero-order valence-electron chi connectivity index (χ0n) is 18.0. The van der Waals surface area contributed by atoms with Crippen LogP contribution in [-0.2, 0) is 0 Å². The molecule has 2 N–H and O–H groups in total. The molecule has 0 saturated carbocycles. The van der Waals surface area contributed by atoms with Crippen LogP contribution < -0.4 is 29.6 Å². The normalized spacial score (nSPS) is 13.2. The Labute approximate surface area is 173 Å². The molecule has 2 atom stereocenters. The molecule has 0 heterocycles. The van der Waals surface area contributed by atoms with Crippen molar-refractivity contribution in [3.05, 3.63) is 48.0 Å². The molecule has 0 aliphatic heterocycles. The van der Waals surface area contributed by atoms with E-state index >= 15 is 0 Å². The lowest BCUT2D eigenvalue weighted by atomic mass is 10.1. The average molecular weight is 402 g/mol. The van der Waals surface area contributed by atoms with Gasteiger partial charge in [-0.3, -0.25) is 4.99 Å². The van der Waals surface area contributed by atoms with Gasteiger partial charge in [-0.2, -0.15) is 0 Å². The van der Waals surface area contributed by atoms with Crippen molar-refractivity contribution < 1.29 is 18.9 Å².